The Balaban J connectivity index is 3.12. The molecule has 0 aromatic carbocycles. The molecular formula is C13H20O10S. The van der Waals surface area contributed by atoms with Gasteiger partial charge in [0.15, 0.2) is 0 Å². The van der Waals surface area contributed by atoms with Crippen molar-refractivity contribution in [3.63, 3.8) is 0 Å². The number of carbonyl (C=O) groups excluding carboxylic acids is 2. The van der Waals surface area contributed by atoms with Crippen molar-refractivity contribution >= 4 is 23.5 Å². The van der Waals surface area contributed by atoms with Gasteiger partial charge in [-0.15, -0.1) is 0 Å². The van der Waals surface area contributed by atoms with E-state index in [1.807, 2.05) is 0 Å². The Labute approximate surface area is 142 Å². The maximum atomic E-state index is 12.0. The Kier molecular flexibility index (Phi) is 7.60. The van der Waals surface area contributed by atoms with Crippen molar-refractivity contribution in [2.45, 2.75) is 50.2 Å². The van der Waals surface area contributed by atoms with E-state index in [-0.39, 0.29) is 6.42 Å². The van der Waals surface area contributed by atoms with Crippen LogP contribution in [0.3, 0.4) is 0 Å². The second kappa shape index (κ2) is 8.76. The molecule has 0 bridgehead atoms. The van der Waals surface area contributed by atoms with Gasteiger partial charge in [-0.3, -0.25) is 9.59 Å². The number of aliphatic hydroxyl groups excluding tert-OH is 6. The third-order valence-electron chi connectivity index (χ3n) is 3.41. The highest BCUT2D eigenvalue weighted by atomic mass is 32.1. The van der Waals surface area contributed by atoms with Gasteiger partial charge in [0.25, 0.3) is 5.12 Å². The van der Waals surface area contributed by atoms with Crippen molar-refractivity contribution in [1.29, 1.82) is 0 Å². The summed E-state index contributed by atoms with van der Waals surface area (Å²) in [6.45, 7) is 0.709. The van der Waals surface area contributed by atoms with Crippen molar-refractivity contribution in [2.24, 2.45) is 0 Å². The molecule has 0 radical (unpaired) electrons. The molecule has 10 nitrogen and oxygen atoms in total. The van der Waals surface area contributed by atoms with E-state index in [1.54, 1.807) is 0 Å². The van der Waals surface area contributed by atoms with Crippen LogP contribution in [0.1, 0.15) is 13.3 Å². The summed E-state index contributed by atoms with van der Waals surface area (Å²) >= 11 is 3.34. The normalized spacial score (nSPS) is 32.7. The highest BCUT2D eigenvalue weighted by Crippen LogP contribution is 2.25. The highest BCUT2D eigenvalue weighted by Gasteiger charge is 2.46. The first kappa shape index (κ1) is 20.8. The summed E-state index contributed by atoms with van der Waals surface area (Å²) in [4.78, 5) is 23.2. The lowest BCUT2D eigenvalue weighted by Crippen LogP contribution is -2.59. The number of ketones is 1. The molecule has 1 rings (SSSR count). The summed E-state index contributed by atoms with van der Waals surface area (Å²) in [5, 5.41) is 56.2. The molecule has 0 saturated carbocycles. The van der Waals surface area contributed by atoms with E-state index in [0.29, 0.717) is 0 Å². The Morgan fingerprint density at radius 1 is 1.21 bits per heavy atom. The van der Waals surface area contributed by atoms with Crippen LogP contribution < -0.4 is 0 Å². The molecule has 1 fully saturated rings. The van der Waals surface area contributed by atoms with E-state index in [0.717, 1.165) is 0 Å². The largest absolute Gasteiger partial charge is 0.501 e. The van der Waals surface area contributed by atoms with Crippen LogP contribution in [0.2, 0.25) is 0 Å². The lowest BCUT2D eigenvalue weighted by atomic mass is 9.99. The minimum absolute atomic E-state index is 0.0611. The first-order valence-electron chi connectivity index (χ1n) is 7.01. The summed E-state index contributed by atoms with van der Waals surface area (Å²) < 4.78 is 9.97. The Morgan fingerprint density at radius 2 is 1.79 bits per heavy atom. The van der Waals surface area contributed by atoms with Crippen molar-refractivity contribution in [2.75, 3.05) is 6.61 Å². The van der Waals surface area contributed by atoms with E-state index in [4.69, 9.17) is 14.6 Å². The molecule has 0 aromatic rings. The van der Waals surface area contributed by atoms with Gasteiger partial charge < -0.3 is 40.1 Å². The molecule has 0 aliphatic carbocycles. The fourth-order valence-corrected chi connectivity index (χ4v) is 2.05. The maximum Gasteiger partial charge on any atom is 0.254 e. The molecule has 138 valence electrons. The van der Waals surface area contributed by atoms with Crippen LogP contribution in [-0.4, -0.2) is 85.0 Å². The lowest BCUT2D eigenvalue weighted by Gasteiger charge is -2.39. The average molecular weight is 368 g/mol. The topological polar surface area (TPSA) is 174 Å². The fourth-order valence-electron chi connectivity index (χ4n) is 1.95. The zero-order valence-electron chi connectivity index (χ0n) is 12.6. The van der Waals surface area contributed by atoms with Crippen molar-refractivity contribution < 1.29 is 49.7 Å². The molecule has 2 unspecified atom stereocenters. The number of thiol groups is 1. The molecule has 24 heavy (non-hydrogen) atoms. The SMILES string of the molecule is CC[C@@H](O)C(=O)/C(O[C@@H]1OC(CO)[C@H](O)C(O)[C@@H]1O)=C(/O)C(=O)S. The van der Waals surface area contributed by atoms with E-state index < -0.39 is 65.8 Å². The van der Waals surface area contributed by atoms with Crippen molar-refractivity contribution in [3.05, 3.63) is 11.5 Å². The van der Waals surface area contributed by atoms with Gasteiger partial charge in [-0.1, -0.05) is 19.6 Å². The molecule has 0 aromatic heterocycles. The quantitative estimate of drug-likeness (QED) is 0.143. The minimum atomic E-state index is -1.87. The van der Waals surface area contributed by atoms with Gasteiger partial charge >= 0.3 is 0 Å². The summed E-state index contributed by atoms with van der Waals surface area (Å²) in [5.41, 5.74) is 0. The van der Waals surface area contributed by atoms with E-state index in [1.165, 1.54) is 6.92 Å². The number of hydrogen-bond donors (Lipinski definition) is 7. The predicted molar refractivity (Wildman–Crippen MR) is 79.8 cm³/mol. The molecule has 1 aliphatic heterocycles. The van der Waals surface area contributed by atoms with Crippen LogP contribution in [0, 0.1) is 0 Å². The predicted octanol–water partition coefficient (Wildman–Crippen LogP) is -2.63. The lowest BCUT2D eigenvalue weighted by molar-refractivity contribution is -0.291. The first-order chi connectivity index (χ1) is 11.1. The van der Waals surface area contributed by atoms with Gasteiger partial charge in [0.05, 0.1) is 6.61 Å². The molecule has 1 saturated heterocycles. The van der Waals surface area contributed by atoms with Crippen molar-refractivity contribution in [3.8, 4) is 0 Å². The van der Waals surface area contributed by atoms with Crippen LogP contribution in [0.25, 0.3) is 0 Å². The molecule has 0 spiro atoms. The van der Waals surface area contributed by atoms with Gasteiger partial charge in [-0.25, -0.2) is 0 Å². The zero-order valence-corrected chi connectivity index (χ0v) is 13.5. The first-order valence-corrected chi connectivity index (χ1v) is 7.46. The van der Waals surface area contributed by atoms with E-state index >= 15 is 0 Å². The van der Waals surface area contributed by atoms with Crippen LogP contribution in [0.5, 0.6) is 0 Å². The van der Waals surface area contributed by atoms with Crippen molar-refractivity contribution in [1.82, 2.24) is 0 Å². The number of ether oxygens (including phenoxy) is 2. The summed E-state index contributed by atoms with van der Waals surface area (Å²) in [5.74, 6) is -3.42. The smallest absolute Gasteiger partial charge is 0.254 e. The molecule has 1 aliphatic rings. The number of carbonyl (C=O) groups is 2. The second-order valence-corrected chi connectivity index (χ2v) is 5.49. The Bertz CT molecular complexity index is 505. The number of hydrogen-bond acceptors (Lipinski definition) is 10. The molecule has 11 heteroatoms. The Morgan fingerprint density at radius 3 is 2.25 bits per heavy atom. The van der Waals surface area contributed by atoms with Gasteiger partial charge in [0.1, 0.15) is 30.5 Å². The summed E-state index contributed by atoms with van der Waals surface area (Å²) in [6, 6.07) is 0. The van der Waals surface area contributed by atoms with E-state index in [9.17, 15) is 35.1 Å². The molecule has 1 heterocycles. The maximum absolute atomic E-state index is 12.0. The highest BCUT2D eigenvalue weighted by molar-refractivity contribution is 7.97. The Hall–Kier alpha value is -1.21. The standard InChI is InChI=1S/C13H20O10S/c1-2-4(15)6(16)11(10(20)12(21)24)23-13-9(19)8(18)7(17)5(3-14)22-13/h4-5,7-9,13-15,17-20H,2-3H2,1H3,(H,21,24)/b11-10-/t4-,5?,7+,8?,9+,13+/m1/s1. The minimum Gasteiger partial charge on any atom is -0.501 e. The monoisotopic (exact) mass is 368 g/mol. The van der Waals surface area contributed by atoms with Gasteiger partial charge in [0.2, 0.25) is 23.6 Å². The van der Waals surface area contributed by atoms with E-state index in [2.05, 4.69) is 12.6 Å². The van der Waals surface area contributed by atoms with Gasteiger partial charge in [0, 0.05) is 0 Å². The molecule has 6 N–H and O–H groups in total. The molecule has 6 atom stereocenters. The van der Waals surface area contributed by atoms with Crippen LogP contribution in [0.15, 0.2) is 11.5 Å². The third kappa shape index (κ3) is 4.45. The summed E-state index contributed by atoms with van der Waals surface area (Å²) in [6.07, 6.45) is -10.1. The average Bonchev–Trinajstić information content (AvgIpc) is 2.57. The zero-order chi connectivity index (χ0) is 18.6. The van der Waals surface area contributed by atoms with Crippen LogP contribution >= 0.6 is 12.6 Å². The third-order valence-corrected chi connectivity index (χ3v) is 3.63. The number of Topliss-reactive ketones (excluding diaryl/α,β-unsaturated/α-hetero) is 1. The molecule has 0 amide bonds. The van der Waals surface area contributed by atoms with Gasteiger partial charge in [-0.05, 0) is 6.42 Å². The van der Waals surface area contributed by atoms with Crippen LogP contribution in [-0.2, 0) is 19.1 Å². The fraction of sp³-hybridized carbons (Fsp3) is 0.692. The number of rotatable bonds is 7. The van der Waals surface area contributed by atoms with Crippen LogP contribution in [0.4, 0.5) is 0 Å². The molecular weight excluding hydrogens is 348 g/mol. The number of aliphatic hydroxyl groups is 6. The second-order valence-electron chi connectivity index (χ2n) is 5.09. The summed E-state index contributed by atoms with van der Waals surface area (Å²) in [7, 11) is 0. The van der Waals surface area contributed by atoms with Gasteiger partial charge in [-0.2, -0.15) is 0 Å².